The van der Waals surface area contributed by atoms with Gasteiger partial charge in [0.05, 0.1) is 16.9 Å². The Hall–Kier alpha value is -0.905. The Morgan fingerprint density at radius 2 is 1.76 bits per heavy atom. The SMILES string of the molecule is CCOC(C)(C)c1cc(B2OC(C)(C)C(C)(C)O2)ccn1. The summed E-state index contributed by atoms with van der Waals surface area (Å²) >= 11 is 0. The zero-order valence-electron chi connectivity index (χ0n) is 14.2. The molecule has 1 aliphatic rings. The van der Waals surface area contributed by atoms with E-state index in [9.17, 15) is 0 Å². The molecule has 0 saturated carbocycles. The summed E-state index contributed by atoms with van der Waals surface area (Å²) in [7, 11) is -0.367. The van der Waals surface area contributed by atoms with Crippen molar-refractivity contribution in [3.63, 3.8) is 0 Å². The van der Waals surface area contributed by atoms with Crippen LogP contribution in [0.2, 0.25) is 0 Å². The van der Waals surface area contributed by atoms with Gasteiger partial charge >= 0.3 is 7.12 Å². The summed E-state index contributed by atoms with van der Waals surface area (Å²) in [6, 6.07) is 3.95. The van der Waals surface area contributed by atoms with Gasteiger partial charge in [-0.3, -0.25) is 4.98 Å². The third-order valence-corrected chi connectivity index (χ3v) is 4.43. The smallest absolute Gasteiger partial charge is 0.399 e. The maximum atomic E-state index is 6.09. The molecule has 0 atom stereocenters. The van der Waals surface area contributed by atoms with Gasteiger partial charge in [-0.2, -0.15) is 0 Å². The molecule has 1 aromatic heterocycles. The van der Waals surface area contributed by atoms with Gasteiger partial charge in [-0.25, -0.2) is 0 Å². The van der Waals surface area contributed by atoms with E-state index in [1.165, 1.54) is 0 Å². The summed E-state index contributed by atoms with van der Waals surface area (Å²) in [5.74, 6) is 0. The monoisotopic (exact) mass is 291 g/mol. The first-order valence-electron chi connectivity index (χ1n) is 7.55. The van der Waals surface area contributed by atoms with Crippen LogP contribution in [0.5, 0.6) is 0 Å². The fourth-order valence-electron chi connectivity index (χ4n) is 2.34. The van der Waals surface area contributed by atoms with Crippen LogP contribution in [0.3, 0.4) is 0 Å². The lowest BCUT2D eigenvalue weighted by atomic mass is 9.78. The topological polar surface area (TPSA) is 40.6 Å². The molecular weight excluding hydrogens is 265 g/mol. The van der Waals surface area contributed by atoms with Gasteiger partial charge in [0.15, 0.2) is 0 Å². The van der Waals surface area contributed by atoms with Crippen molar-refractivity contribution in [2.45, 2.75) is 65.3 Å². The van der Waals surface area contributed by atoms with Gasteiger partial charge in [-0.1, -0.05) is 0 Å². The van der Waals surface area contributed by atoms with Crippen LogP contribution < -0.4 is 5.46 Å². The highest BCUT2D eigenvalue weighted by Crippen LogP contribution is 2.36. The average molecular weight is 291 g/mol. The fourth-order valence-corrected chi connectivity index (χ4v) is 2.34. The number of hydrogen-bond donors (Lipinski definition) is 0. The van der Waals surface area contributed by atoms with Gasteiger partial charge in [0.2, 0.25) is 0 Å². The number of pyridine rings is 1. The molecule has 0 bridgehead atoms. The highest BCUT2D eigenvalue weighted by atomic mass is 16.7. The largest absolute Gasteiger partial charge is 0.494 e. The van der Waals surface area contributed by atoms with Gasteiger partial charge < -0.3 is 14.0 Å². The molecule has 2 rings (SSSR count). The Morgan fingerprint density at radius 1 is 1.19 bits per heavy atom. The standard InChI is InChI=1S/C16H26BNO3/c1-8-19-14(2,3)13-11-12(9-10-18-13)17-20-15(4,5)16(6,7)21-17/h9-11H,8H2,1-7H3. The predicted octanol–water partition coefficient (Wildman–Crippen LogP) is 2.65. The van der Waals surface area contributed by atoms with Crippen molar-refractivity contribution in [3.05, 3.63) is 24.0 Å². The minimum absolute atomic E-state index is 0.337. The van der Waals surface area contributed by atoms with Crippen molar-refractivity contribution in [2.24, 2.45) is 0 Å². The van der Waals surface area contributed by atoms with Crippen LogP contribution in [0.1, 0.15) is 54.2 Å². The van der Waals surface area contributed by atoms with Gasteiger partial charge in [0.25, 0.3) is 0 Å². The van der Waals surface area contributed by atoms with Gasteiger partial charge in [0, 0.05) is 12.8 Å². The minimum Gasteiger partial charge on any atom is -0.399 e. The van der Waals surface area contributed by atoms with Crippen molar-refractivity contribution >= 4 is 12.6 Å². The first-order valence-corrected chi connectivity index (χ1v) is 7.55. The molecule has 116 valence electrons. The fraction of sp³-hybridized carbons (Fsp3) is 0.688. The molecule has 0 unspecified atom stereocenters. The molecule has 0 spiro atoms. The van der Waals surface area contributed by atoms with E-state index in [4.69, 9.17) is 14.0 Å². The molecule has 1 aliphatic heterocycles. The first-order chi connectivity index (χ1) is 9.59. The van der Waals surface area contributed by atoms with E-state index in [2.05, 4.69) is 32.7 Å². The molecule has 0 aromatic carbocycles. The van der Waals surface area contributed by atoms with E-state index in [1.54, 1.807) is 6.20 Å². The van der Waals surface area contributed by atoms with Crippen LogP contribution in [0.15, 0.2) is 18.3 Å². The van der Waals surface area contributed by atoms with E-state index in [0.29, 0.717) is 6.61 Å². The van der Waals surface area contributed by atoms with Crippen LogP contribution in [0.4, 0.5) is 0 Å². The Morgan fingerprint density at radius 3 is 2.29 bits per heavy atom. The molecule has 1 saturated heterocycles. The molecule has 0 radical (unpaired) electrons. The summed E-state index contributed by atoms with van der Waals surface area (Å²) < 4.78 is 17.9. The second kappa shape index (κ2) is 5.38. The van der Waals surface area contributed by atoms with Crippen molar-refractivity contribution in [1.29, 1.82) is 0 Å². The highest BCUT2D eigenvalue weighted by molar-refractivity contribution is 6.62. The summed E-state index contributed by atoms with van der Waals surface area (Å²) in [5.41, 5.74) is 0.768. The zero-order valence-corrected chi connectivity index (χ0v) is 14.2. The molecule has 1 fully saturated rings. The summed E-state index contributed by atoms with van der Waals surface area (Å²) in [6.45, 7) is 14.9. The number of ether oxygens (including phenoxy) is 1. The van der Waals surface area contributed by atoms with Crippen LogP contribution in [-0.2, 0) is 19.6 Å². The second-order valence-electron chi connectivity index (χ2n) is 7.01. The molecular formula is C16H26BNO3. The predicted molar refractivity (Wildman–Crippen MR) is 84.6 cm³/mol. The second-order valence-corrected chi connectivity index (χ2v) is 7.01. The average Bonchev–Trinajstić information content (AvgIpc) is 2.59. The number of hydrogen-bond acceptors (Lipinski definition) is 4. The lowest BCUT2D eigenvalue weighted by molar-refractivity contribution is -0.0172. The van der Waals surface area contributed by atoms with Crippen LogP contribution in [-0.4, -0.2) is 29.9 Å². The van der Waals surface area contributed by atoms with E-state index in [0.717, 1.165) is 11.2 Å². The summed E-state index contributed by atoms with van der Waals surface area (Å²) in [6.07, 6.45) is 1.79. The maximum absolute atomic E-state index is 6.09. The summed E-state index contributed by atoms with van der Waals surface area (Å²) in [5, 5.41) is 0. The quantitative estimate of drug-likeness (QED) is 0.800. The Balaban J connectivity index is 2.27. The molecule has 2 heterocycles. The maximum Gasteiger partial charge on any atom is 0.494 e. The van der Waals surface area contributed by atoms with Crippen molar-refractivity contribution < 1.29 is 14.0 Å². The van der Waals surface area contributed by atoms with E-state index in [-0.39, 0.29) is 18.3 Å². The van der Waals surface area contributed by atoms with E-state index < -0.39 is 5.60 Å². The lowest BCUT2D eigenvalue weighted by Gasteiger charge is -2.32. The number of aromatic nitrogens is 1. The van der Waals surface area contributed by atoms with Crippen LogP contribution >= 0.6 is 0 Å². The van der Waals surface area contributed by atoms with Crippen LogP contribution in [0.25, 0.3) is 0 Å². The minimum atomic E-state index is -0.422. The third kappa shape index (κ3) is 3.15. The van der Waals surface area contributed by atoms with E-state index in [1.807, 2.05) is 32.9 Å². The zero-order chi connectivity index (χ0) is 15.9. The van der Waals surface area contributed by atoms with Crippen molar-refractivity contribution in [1.82, 2.24) is 4.98 Å². The van der Waals surface area contributed by atoms with Gasteiger partial charge in [-0.15, -0.1) is 0 Å². The Kier molecular flexibility index (Phi) is 4.22. The summed E-state index contributed by atoms with van der Waals surface area (Å²) in [4.78, 5) is 4.44. The molecule has 0 N–H and O–H groups in total. The molecule has 5 heteroatoms. The van der Waals surface area contributed by atoms with Gasteiger partial charge in [-0.05, 0) is 66.1 Å². The van der Waals surface area contributed by atoms with E-state index >= 15 is 0 Å². The molecule has 21 heavy (non-hydrogen) atoms. The molecule has 0 aliphatic carbocycles. The molecule has 4 nitrogen and oxygen atoms in total. The van der Waals surface area contributed by atoms with Crippen molar-refractivity contribution in [2.75, 3.05) is 6.61 Å². The molecule has 1 aromatic rings. The highest BCUT2D eigenvalue weighted by Gasteiger charge is 2.51. The molecule has 0 amide bonds. The lowest BCUT2D eigenvalue weighted by Crippen LogP contribution is -2.41. The van der Waals surface area contributed by atoms with Gasteiger partial charge in [0.1, 0.15) is 5.60 Å². The van der Waals surface area contributed by atoms with Crippen LogP contribution in [0, 0.1) is 0 Å². The normalized spacial score (nSPS) is 20.8. The Bertz CT molecular complexity index is 498. The van der Waals surface area contributed by atoms with Crippen molar-refractivity contribution in [3.8, 4) is 0 Å². The number of rotatable bonds is 4. The number of nitrogens with zero attached hydrogens (tertiary/aromatic N) is 1. The first kappa shape index (κ1) is 16.5. The third-order valence-electron chi connectivity index (χ3n) is 4.43. The Labute approximate surface area is 128 Å².